The quantitative estimate of drug-likeness (QED) is 0.536. The second-order valence-corrected chi connectivity index (χ2v) is 4.44. The van der Waals surface area contributed by atoms with Gasteiger partial charge in [-0.25, -0.2) is 0 Å². The Kier molecular flexibility index (Phi) is 4.54. The van der Waals surface area contributed by atoms with Crippen LogP contribution in [0, 0.1) is 11.8 Å². The summed E-state index contributed by atoms with van der Waals surface area (Å²) < 4.78 is 4.81. The molecule has 0 radical (unpaired) electrons. The molecule has 1 rings (SSSR count). The molecule has 1 aliphatic carbocycles. The van der Waals surface area contributed by atoms with E-state index in [-0.39, 0.29) is 17.8 Å². The summed E-state index contributed by atoms with van der Waals surface area (Å²) in [5.74, 6) is 0.0413. The van der Waals surface area contributed by atoms with Crippen molar-refractivity contribution in [1.29, 1.82) is 0 Å². The highest BCUT2D eigenvalue weighted by Crippen LogP contribution is 2.34. The molecule has 0 spiro atoms. The lowest BCUT2D eigenvalue weighted by Crippen LogP contribution is -2.27. The molecule has 2 N–H and O–H groups in total. The zero-order valence-electron chi connectivity index (χ0n) is 9.35. The van der Waals surface area contributed by atoms with Gasteiger partial charge in [0.25, 0.3) is 0 Å². The number of esters is 1. The van der Waals surface area contributed by atoms with Gasteiger partial charge in [-0.05, 0) is 31.1 Å². The highest BCUT2D eigenvalue weighted by molar-refractivity contribution is 5.65. The Bertz CT molecular complexity index is 217. The number of carbonyl (C=O) groups excluding carboxylic acids is 1. The first-order chi connectivity index (χ1) is 7.02. The van der Waals surface area contributed by atoms with Crippen molar-refractivity contribution < 1.29 is 19.7 Å². The van der Waals surface area contributed by atoms with Gasteiger partial charge in [0, 0.05) is 6.92 Å². The summed E-state index contributed by atoms with van der Waals surface area (Å²) in [6, 6.07) is 0. The Morgan fingerprint density at radius 2 is 2.07 bits per heavy atom. The number of aliphatic hydroxyl groups excluding tert-OH is 2. The number of hydrogen-bond donors (Lipinski definition) is 2. The predicted molar refractivity (Wildman–Crippen MR) is 55.2 cm³/mol. The van der Waals surface area contributed by atoms with Crippen molar-refractivity contribution in [2.24, 2.45) is 11.8 Å². The number of aliphatic hydroxyl groups is 2. The van der Waals surface area contributed by atoms with Crippen LogP contribution in [0.2, 0.25) is 0 Å². The van der Waals surface area contributed by atoms with E-state index in [2.05, 4.69) is 0 Å². The summed E-state index contributed by atoms with van der Waals surface area (Å²) in [4.78, 5) is 10.5. The largest absolute Gasteiger partial charge is 0.466 e. The van der Waals surface area contributed by atoms with Crippen LogP contribution in [0.25, 0.3) is 0 Å². The van der Waals surface area contributed by atoms with Gasteiger partial charge in [0.15, 0.2) is 0 Å². The third kappa shape index (κ3) is 3.47. The first-order valence-corrected chi connectivity index (χ1v) is 5.52. The van der Waals surface area contributed by atoms with Crippen LogP contribution < -0.4 is 0 Å². The molecule has 1 fully saturated rings. The maximum Gasteiger partial charge on any atom is 0.302 e. The average Bonchev–Trinajstić information content (AvgIpc) is 2.41. The Labute approximate surface area is 90.2 Å². The van der Waals surface area contributed by atoms with Crippen molar-refractivity contribution in [1.82, 2.24) is 0 Å². The fraction of sp³-hybridized carbons (Fsp3) is 0.909. The summed E-state index contributed by atoms with van der Waals surface area (Å²) in [7, 11) is 0. The topological polar surface area (TPSA) is 66.8 Å². The van der Waals surface area contributed by atoms with Crippen LogP contribution in [0.1, 0.15) is 33.1 Å². The molecule has 0 heterocycles. The maximum atomic E-state index is 10.5. The minimum Gasteiger partial charge on any atom is -0.466 e. The van der Waals surface area contributed by atoms with E-state index < -0.39 is 12.2 Å². The highest BCUT2D eigenvalue weighted by Gasteiger charge is 2.38. The lowest BCUT2D eigenvalue weighted by atomic mass is 9.99. The molecular formula is C11H20O4. The SMILES string of the molecule is CC(=O)OCCC[C@H]1C[C@@H](C)[C@H](O)[C@@H]1O. The maximum absolute atomic E-state index is 10.5. The van der Waals surface area contributed by atoms with Crippen molar-refractivity contribution >= 4 is 5.97 Å². The van der Waals surface area contributed by atoms with E-state index in [0.717, 1.165) is 19.3 Å². The summed E-state index contributed by atoms with van der Waals surface area (Å²) in [6.07, 6.45) is 1.19. The smallest absolute Gasteiger partial charge is 0.302 e. The van der Waals surface area contributed by atoms with Gasteiger partial charge in [0.1, 0.15) is 0 Å². The third-order valence-electron chi connectivity index (χ3n) is 3.12. The Balaban J connectivity index is 2.19. The molecule has 1 aliphatic rings. The zero-order valence-corrected chi connectivity index (χ0v) is 9.35. The van der Waals surface area contributed by atoms with Gasteiger partial charge >= 0.3 is 5.97 Å². The summed E-state index contributed by atoms with van der Waals surface area (Å²) in [5.41, 5.74) is 0. The lowest BCUT2D eigenvalue weighted by molar-refractivity contribution is -0.141. The molecule has 0 bridgehead atoms. The van der Waals surface area contributed by atoms with Crippen molar-refractivity contribution in [3.63, 3.8) is 0 Å². The average molecular weight is 216 g/mol. The molecule has 88 valence electrons. The fourth-order valence-electron chi connectivity index (χ4n) is 2.22. The van der Waals surface area contributed by atoms with E-state index in [9.17, 15) is 15.0 Å². The molecule has 0 unspecified atom stereocenters. The van der Waals surface area contributed by atoms with Crippen LogP contribution in [0.3, 0.4) is 0 Å². The Morgan fingerprint density at radius 3 is 2.53 bits per heavy atom. The fourth-order valence-corrected chi connectivity index (χ4v) is 2.22. The highest BCUT2D eigenvalue weighted by atomic mass is 16.5. The predicted octanol–water partition coefficient (Wildman–Crippen LogP) is 0.707. The molecule has 15 heavy (non-hydrogen) atoms. The van der Waals surface area contributed by atoms with Crippen molar-refractivity contribution in [2.75, 3.05) is 6.61 Å². The first kappa shape index (κ1) is 12.5. The van der Waals surface area contributed by atoms with Crippen LogP contribution in [-0.4, -0.2) is 35.0 Å². The first-order valence-electron chi connectivity index (χ1n) is 5.52. The van der Waals surface area contributed by atoms with Crippen LogP contribution >= 0.6 is 0 Å². The zero-order chi connectivity index (χ0) is 11.4. The molecular weight excluding hydrogens is 196 g/mol. The van der Waals surface area contributed by atoms with E-state index in [0.29, 0.717) is 6.61 Å². The van der Waals surface area contributed by atoms with E-state index in [1.165, 1.54) is 6.92 Å². The molecule has 4 nitrogen and oxygen atoms in total. The molecule has 4 heteroatoms. The second kappa shape index (κ2) is 5.47. The van der Waals surface area contributed by atoms with E-state index in [1.807, 2.05) is 6.92 Å². The second-order valence-electron chi connectivity index (χ2n) is 4.44. The van der Waals surface area contributed by atoms with Gasteiger partial charge in [-0.1, -0.05) is 6.92 Å². The number of rotatable bonds is 4. The molecule has 0 aromatic carbocycles. The van der Waals surface area contributed by atoms with Gasteiger partial charge in [-0.3, -0.25) is 4.79 Å². The minimum atomic E-state index is -0.614. The normalized spacial score (nSPS) is 35.5. The molecule has 0 aromatic heterocycles. The van der Waals surface area contributed by atoms with Gasteiger partial charge in [-0.2, -0.15) is 0 Å². The number of ether oxygens (including phenoxy) is 1. The van der Waals surface area contributed by atoms with Gasteiger partial charge in [0.2, 0.25) is 0 Å². The van der Waals surface area contributed by atoms with Crippen molar-refractivity contribution in [3.05, 3.63) is 0 Å². The molecule has 0 aromatic rings. The Morgan fingerprint density at radius 1 is 1.40 bits per heavy atom. The van der Waals surface area contributed by atoms with Gasteiger partial charge in [-0.15, -0.1) is 0 Å². The monoisotopic (exact) mass is 216 g/mol. The number of carbonyl (C=O) groups is 1. The molecule has 4 atom stereocenters. The van der Waals surface area contributed by atoms with Gasteiger partial charge < -0.3 is 14.9 Å². The third-order valence-corrected chi connectivity index (χ3v) is 3.12. The van der Waals surface area contributed by atoms with E-state index in [4.69, 9.17) is 4.74 Å². The van der Waals surface area contributed by atoms with Crippen LogP contribution in [0.15, 0.2) is 0 Å². The summed E-state index contributed by atoms with van der Waals surface area (Å²) >= 11 is 0. The number of hydrogen-bond acceptors (Lipinski definition) is 4. The van der Waals surface area contributed by atoms with Crippen LogP contribution in [0.5, 0.6) is 0 Å². The van der Waals surface area contributed by atoms with E-state index >= 15 is 0 Å². The van der Waals surface area contributed by atoms with Gasteiger partial charge in [0.05, 0.1) is 18.8 Å². The summed E-state index contributed by atoms with van der Waals surface area (Å²) in [5, 5.41) is 19.2. The lowest BCUT2D eigenvalue weighted by Gasteiger charge is -2.16. The van der Waals surface area contributed by atoms with Crippen molar-refractivity contribution in [3.8, 4) is 0 Å². The standard InChI is InChI=1S/C11H20O4/c1-7-6-9(11(14)10(7)13)4-3-5-15-8(2)12/h7,9-11,13-14H,3-6H2,1-2H3/t7-,9+,10+,11-/m1/s1. The molecule has 0 saturated heterocycles. The summed E-state index contributed by atoms with van der Waals surface area (Å²) in [6.45, 7) is 3.74. The van der Waals surface area contributed by atoms with Crippen molar-refractivity contribution in [2.45, 2.75) is 45.3 Å². The van der Waals surface area contributed by atoms with Crippen LogP contribution in [0.4, 0.5) is 0 Å². The molecule has 0 amide bonds. The van der Waals surface area contributed by atoms with E-state index in [1.54, 1.807) is 0 Å². The Hall–Kier alpha value is -0.610. The molecule has 1 saturated carbocycles. The molecule has 0 aliphatic heterocycles. The minimum absolute atomic E-state index is 0.144. The van der Waals surface area contributed by atoms with Crippen LogP contribution in [-0.2, 0) is 9.53 Å².